The van der Waals surface area contributed by atoms with Gasteiger partial charge in [-0.3, -0.25) is 4.79 Å². The first kappa shape index (κ1) is 12.4. The molecule has 0 atom stereocenters. The number of methoxy groups -OCH3 is 1. The number of aryl methyl sites for hydroxylation is 1. The summed E-state index contributed by atoms with van der Waals surface area (Å²) in [5.41, 5.74) is 8.15. The summed E-state index contributed by atoms with van der Waals surface area (Å²) >= 11 is 0. The van der Waals surface area contributed by atoms with Gasteiger partial charge in [-0.15, -0.1) is 0 Å². The van der Waals surface area contributed by atoms with Crippen molar-refractivity contribution in [2.75, 3.05) is 12.8 Å². The Morgan fingerprint density at radius 2 is 2.28 bits per heavy atom. The van der Waals surface area contributed by atoms with Gasteiger partial charge in [0.05, 0.1) is 18.1 Å². The Hall–Kier alpha value is -2.04. The molecule has 2 N–H and O–H groups in total. The maximum absolute atomic E-state index is 11.5. The molecule has 2 rings (SSSR count). The van der Waals surface area contributed by atoms with Crippen molar-refractivity contribution < 1.29 is 9.53 Å². The lowest BCUT2D eigenvalue weighted by molar-refractivity contribution is -0.141. The molecule has 1 heterocycles. The number of esters is 1. The molecule has 5 nitrogen and oxygen atoms in total. The molecule has 0 aliphatic carbocycles. The number of carbonyl (C=O) groups excluding carboxylic acids is 1. The first-order valence-corrected chi connectivity index (χ1v) is 5.97. The third kappa shape index (κ3) is 2.30. The highest BCUT2D eigenvalue weighted by Crippen LogP contribution is 2.20. The maximum Gasteiger partial charge on any atom is 0.325 e. The van der Waals surface area contributed by atoms with Gasteiger partial charge in [-0.05, 0) is 24.6 Å². The fourth-order valence-corrected chi connectivity index (χ4v) is 1.98. The van der Waals surface area contributed by atoms with E-state index < -0.39 is 0 Å². The molecule has 0 saturated heterocycles. The zero-order valence-electron chi connectivity index (χ0n) is 10.6. The number of anilines is 1. The van der Waals surface area contributed by atoms with Crippen molar-refractivity contribution in [2.24, 2.45) is 0 Å². The van der Waals surface area contributed by atoms with Crippen molar-refractivity contribution in [1.82, 2.24) is 9.55 Å². The monoisotopic (exact) mass is 247 g/mol. The number of rotatable bonds is 4. The van der Waals surface area contributed by atoms with E-state index in [-0.39, 0.29) is 12.5 Å². The topological polar surface area (TPSA) is 70.1 Å². The Balaban J connectivity index is 2.51. The van der Waals surface area contributed by atoms with E-state index in [9.17, 15) is 4.79 Å². The fourth-order valence-electron chi connectivity index (χ4n) is 1.98. The van der Waals surface area contributed by atoms with Crippen LogP contribution in [0.5, 0.6) is 0 Å². The molecular formula is C13H17N3O2. The van der Waals surface area contributed by atoms with Crippen LogP contribution in [0.2, 0.25) is 0 Å². The normalized spacial score (nSPS) is 10.8. The summed E-state index contributed by atoms with van der Waals surface area (Å²) in [7, 11) is 1.39. The van der Waals surface area contributed by atoms with Crippen LogP contribution in [-0.2, 0) is 22.5 Å². The number of nitrogens with two attached hydrogens (primary N) is 1. The Morgan fingerprint density at radius 3 is 2.94 bits per heavy atom. The largest absolute Gasteiger partial charge is 0.468 e. The molecule has 0 aliphatic rings. The van der Waals surface area contributed by atoms with Gasteiger partial charge in [0.25, 0.3) is 0 Å². The standard InChI is InChI=1S/C13H17N3O2/c1-3-4-12-15-10-7-9(14)5-6-11(10)16(12)8-13(17)18-2/h5-7H,3-4,8,14H2,1-2H3. The van der Waals surface area contributed by atoms with E-state index in [1.165, 1.54) is 7.11 Å². The molecule has 18 heavy (non-hydrogen) atoms. The highest BCUT2D eigenvalue weighted by Gasteiger charge is 2.13. The van der Waals surface area contributed by atoms with E-state index in [4.69, 9.17) is 10.5 Å². The molecule has 1 aromatic heterocycles. The van der Waals surface area contributed by atoms with E-state index in [0.29, 0.717) is 5.69 Å². The van der Waals surface area contributed by atoms with Gasteiger partial charge in [0.2, 0.25) is 0 Å². The van der Waals surface area contributed by atoms with Gasteiger partial charge in [-0.2, -0.15) is 0 Å². The van der Waals surface area contributed by atoms with E-state index in [1.807, 2.05) is 22.8 Å². The number of fused-ring (bicyclic) bond motifs is 1. The Kier molecular flexibility index (Phi) is 3.50. The lowest BCUT2D eigenvalue weighted by Gasteiger charge is -2.06. The van der Waals surface area contributed by atoms with Gasteiger partial charge in [0.1, 0.15) is 12.4 Å². The molecule has 0 fully saturated rings. The van der Waals surface area contributed by atoms with Crippen LogP contribution in [0.3, 0.4) is 0 Å². The van der Waals surface area contributed by atoms with Crippen LogP contribution in [0.1, 0.15) is 19.2 Å². The Labute approximate surface area is 106 Å². The molecule has 0 spiro atoms. The summed E-state index contributed by atoms with van der Waals surface area (Å²) in [5.74, 6) is 0.618. The van der Waals surface area contributed by atoms with Gasteiger partial charge in [-0.1, -0.05) is 6.92 Å². The average molecular weight is 247 g/mol. The molecule has 0 saturated carbocycles. The van der Waals surface area contributed by atoms with Crippen LogP contribution in [-0.4, -0.2) is 22.6 Å². The lowest BCUT2D eigenvalue weighted by atomic mass is 10.3. The van der Waals surface area contributed by atoms with Crippen LogP contribution >= 0.6 is 0 Å². The molecule has 96 valence electrons. The molecule has 5 heteroatoms. The van der Waals surface area contributed by atoms with Crippen LogP contribution in [0.15, 0.2) is 18.2 Å². The first-order chi connectivity index (χ1) is 8.65. The predicted molar refractivity (Wildman–Crippen MR) is 70.2 cm³/mol. The number of nitrogen functional groups attached to an aromatic ring is 1. The average Bonchev–Trinajstić information content (AvgIpc) is 2.67. The number of carbonyl (C=O) groups is 1. The van der Waals surface area contributed by atoms with Crippen molar-refractivity contribution in [3.63, 3.8) is 0 Å². The minimum atomic E-state index is -0.275. The van der Waals surface area contributed by atoms with Crippen LogP contribution in [0.25, 0.3) is 11.0 Å². The van der Waals surface area contributed by atoms with Gasteiger partial charge in [0, 0.05) is 12.1 Å². The van der Waals surface area contributed by atoms with Crippen molar-refractivity contribution in [1.29, 1.82) is 0 Å². The number of ether oxygens (including phenoxy) is 1. The molecular weight excluding hydrogens is 230 g/mol. The number of aromatic nitrogens is 2. The summed E-state index contributed by atoms with van der Waals surface area (Å²) in [6.45, 7) is 2.27. The second-order valence-corrected chi connectivity index (χ2v) is 4.19. The van der Waals surface area contributed by atoms with E-state index >= 15 is 0 Å². The molecule has 0 radical (unpaired) electrons. The lowest BCUT2D eigenvalue weighted by Crippen LogP contribution is -2.14. The maximum atomic E-state index is 11.5. The summed E-state index contributed by atoms with van der Waals surface area (Å²) in [5, 5.41) is 0. The zero-order valence-corrected chi connectivity index (χ0v) is 10.6. The second kappa shape index (κ2) is 5.08. The number of hydrogen-bond donors (Lipinski definition) is 1. The molecule has 1 aromatic carbocycles. The quantitative estimate of drug-likeness (QED) is 0.660. The molecule has 0 amide bonds. The van der Waals surface area contributed by atoms with Crippen molar-refractivity contribution in [3.8, 4) is 0 Å². The highest BCUT2D eigenvalue weighted by molar-refractivity contribution is 5.81. The Morgan fingerprint density at radius 1 is 1.50 bits per heavy atom. The van der Waals surface area contributed by atoms with Crippen LogP contribution in [0, 0.1) is 0 Å². The first-order valence-electron chi connectivity index (χ1n) is 5.97. The Bertz CT molecular complexity index is 575. The fraction of sp³-hybridized carbons (Fsp3) is 0.385. The van der Waals surface area contributed by atoms with Gasteiger partial charge in [-0.25, -0.2) is 4.98 Å². The third-order valence-electron chi connectivity index (χ3n) is 2.84. The highest BCUT2D eigenvalue weighted by atomic mass is 16.5. The van der Waals surface area contributed by atoms with Crippen molar-refractivity contribution in [3.05, 3.63) is 24.0 Å². The van der Waals surface area contributed by atoms with Gasteiger partial charge in [0.15, 0.2) is 0 Å². The zero-order chi connectivity index (χ0) is 13.1. The molecule has 2 aromatic rings. The summed E-state index contributed by atoms with van der Waals surface area (Å²) < 4.78 is 6.61. The van der Waals surface area contributed by atoms with Crippen LogP contribution < -0.4 is 5.73 Å². The number of nitrogens with zero attached hydrogens (tertiary/aromatic N) is 2. The minimum Gasteiger partial charge on any atom is -0.468 e. The summed E-state index contributed by atoms with van der Waals surface area (Å²) in [4.78, 5) is 16.0. The number of imidazole rings is 1. The molecule has 0 unspecified atom stereocenters. The van der Waals surface area contributed by atoms with Crippen LogP contribution in [0.4, 0.5) is 5.69 Å². The molecule has 0 aliphatic heterocycles. The van der Waals surface area contributed by atoms with Gasteiger partial charge < -0.3 is 15.0 Å². The predicted octanol–water partition coefficient (Wildman–Crippen LogP) is 1.74. The van der Waals surface area contributed by atoms with Crippen molar-refractivity contribution >= 4 is 22.7 Å². The SMILES string of the molecule is CCCc1nc2cc(N)ccc2n1CC(=O)OC. The minimum absolute atomic E-state index is 0.187. The van der Waals surface area contributed by atoms with Crippen molar-refractivity contribution in [2.45, 2.75) is 26.3 Å². The summed E-state index contributed by atoms with van der Waals surface area (Å²) in [6.07, 6.45) is 1.80. The van der Waals surface area contributed by atoms with E-state index in [0.717, 1.165) is 29.7 Å². The second-order valence-electron chi connectivity index (χ2n) is 4.19. The van der Waals surface area contributed by atoms with E-state index in [1.54, 1.807) is 0 Å². The third-order valence-corrected chi connectivity index (χ3v) is 2.84. The number of benzene rings is 1. The summed E-state index contributed by atoms with van der Waals surface area (Å²) in [6, 6.07) is 5.52. The number of hydrogen-bond acceptors (Lipinski definition) is 4. The van der Waals surface area contributed by atoms with Gasteiger partial charge >= 0.3 is 5.97 Å². The molecule has 0 bridgehead atoms. The smallest absolute Gasteiger partial charge is 0.325 e. The van der Waals surface area contributed by atoms with E-state index in [2.05, 4.69) is 11.9 Å².